The van der Waals surface area contributed by atoms with Crippen LogP contribution in [-0.4, -0.2) is 17.5 Å². The smallest absolute Gasteiger partial charge is 0.336 e. The topological polar surface area (TPSA) is 66.4 Å². The summed E-state index contributed by atoms with van der Waals surface area (Å²) in [6.07, 6.45) is 0.535. The second-order valence-corrected chi connectivity index (χ2v) is 3.28. The van der Waals surface area contributed by atoms with Crippen LogP contribution < -0.4 is 5.32 Å². The molecule has 0 aliphatic heterocycles. The molecule has 80 valence electrons. The molecule has 0 saturated carbocycles. The van der Waals surface area contributed by atoms with E-state index >= 15 is 0 Å². The lowest BCUT2D eigenvalue weighted by atomic mass is 10.0. The summed E-state index contributed by atoms with van der Waals surface area (Å²) in [6, 6.07) is 10.2. The van der Waals surface area contributed by atoms with Gasteiger partial charge in [0.05, 0.1) is 5.56 Å². The molecule has 16 heavy (non-hydrogen) atoms. The zero-order chi connectivity index (χ0) is 11.5. The number of rotatable bonds is 3. The van der Waals surface area contributed by atoms with Crippen LogP contribution in [0.5, 0.6) is 0 Å². The second kappa shape index (κ2) is 4.02. The molecule has 2 N–H and O–H groups in total. The molecule has 2 aromatic carbocycles. The molecular weight excluding hydrogens is 206 g/mol. The lowest BCUT2D eigenvalue weighted by Crippen LogP contribution is -2.01. The summed E-state index contributed by atoms with van der Waals surface area (Å²) in [4.78, 5) is 21.5. The zero-order valence-corrected chi connectivity index (χ0v) is 8.31. The second-order valence-electron chi connectivity index (χ2n) is 3.28. The molecule has 0 aliphatic carbocycles. The maximum absolute atomic E-state index is 11.1. The third-order valence-electron chi connectivity index (χ3n) is 2.35. The monoisotopic (exact) mass is 215 g/mol. The van der Waals surface area contributed by atoms with Gasteiger partial charge in [0.1, 0.15) is 0 Å². The van der Waals surface area contributed by atoms with E-state index in [1.807, 2.05) is 0 Å². The van der Waals surface area contributed by atoms with Crippen LogP contribution in [-0.2, 0) is 4.79 Å². The number of carboxylic acids is 1. The SMILES string of the molecule is O=CNc1cccc2cccc(C(=O)O)c12. The van der Waals surface area contributed by atoms with Crippen LogP contribution in [0.4, 0.5) is 5.69 Å². The van der Waals surface area contributed by atoms with Crippen molar-refractivity contribution in [1.29, 1.82) is 0 Å². The van der Waals surface area contributed by atoms with Crippen LogP contribution in [0.25, 0.3) is 10.8 Å². The first-order valence-corrected chi connectivity index (χ1v) is 4.69. The van der Waals surface area contributed by atoms with E-state index < -0.39 is 5.97 Å². The van der Waals surface area contributed by atoms with Crippen LogP contribution in [0.2, 0.25) is 0 Å². The summed E-state index contributed by atoms with van der Waals surface area (Å²) >= 11 is 0. The fraction of sp³-hybridized carbons (Fsp3) is 0. The van der Waals surface area contributed by atoms with Gasteiger partial charge in [-0.15, -0.1) is 0 Å². The number of amides is 1. The van der Waals surface area contributed by atoms with Gasteiger partial charge in [-0.3, -0.25) is 4.79 Å². The summed E-state index contributed by atoms with van der Waals surface area (Å²) < 4.78 is 0. The van der Waals surface area contributed by atoms with Gasteiger partial charge in [0.15, 0.2) is 0 Å². The maximum Gasteiger partial charge on any atom is 0.336 e. The van der Waals surface area contributed by atoms with Crippen molar-refractivity contribution in [3.05, 3.63) is 42.0 Å². The summed E-state index contributed by atoms with van der Waals surface area (Å²) in [5.41, 5.74) is 0.688. The van der Waals surface area contributed by atoms with Gasteiger partial charge in [-0.2, -0.15) is 0 Å². The predicted octanol–water partition coefficient (Wildman–Crippen LogP) is 2.11. The Hall–Kier alpha value is -2.36. The Morgan fingerprint density at radius 3 is 2.50 bits per heavy atom. The number of benzene rings is 2. The quantitative estimate of drug-likeness (QED) is 0.770. The van der Waals surface area contributed by atoms with E-state index in [9.17, 15) is 9.59 Å². The number of carboxylic acid groups (broad SMARTS) is 1. The van der Waals surface area contributed by atoms with E-state index in [4.69, 9.17) is 5.11 Å². The first kappa shape index (κ1) is 10.2. The minimum Gasteiger partial charge on any atom is -0.478 e. The van der Waals surface area contributed by atoms with Crippen LogP contribution in [0.15, 0.2) is 36.4 Å². The van der Waals surface area contributed by atoms with Crippen molar-refractivity contribution in [3.63, 3.8) is 0 Å². The molecule has 0 radical (unpaired) electrons. The van der Waals surface area contributed by atoms with E-state index in [1.54, 1.807) is 30.3 Å². The van der Waals surface area contributed by atoms with Gasteiger partial charge >= 0.3 is 5.97 Å². The molecule has 2 rings (SSSR count). The van der Waals surface area contributed by atoms with Gasteiger partial charge in [0, 0.05) is 11.1 Å². The number of carbonyl (C=O) groups is 2. The Labute approximate surface area is 91.5 Å². The minimum absolute atomic E-state index is 0.183. The summed E-state index contributed by atoms with van der Waals surface area (Å²) in [7, 11) is 0. The first-order valence-electron chi connectivity index (χ1n) is 4.69. The molecule has 0 bridgehead atoms. The van der Waals surface area contributed by atoms with Gasteiger partial charge < -0.3 is 10.4 Å². The number of aromatic carboxylic acids is 1. The molecule has 4 heteroatoms. The largest absolute Gasteiger partial charge is 0.478 e. The van der Waals surface area contributed by atoms with Crippen molar-refractivity contribution in [2.75, 3.05) is 5.32 Å². The van der Waals surface area contributed by atoms with E-state index in [-0.39, 0.29) is 5.56 Å². The Kier molecular flexibility index (Phi) is 2.55. The Balaban J connectivity index is 2.81. The fourth-order valence-electron chi connectivity index (χ4n) is 1.70. The number of carbonyl (C=O) groups excluding carboxylic acids is 1. The number of anilines is 1. The molecule has 0 fully saturated rings. The van der Waals surface area contributed by atoms with Gasteiger partial charge in [0.2, 0.25) is 6.41 Å². The van der Waals surface area contributed by atoms with Gasteiger partial charge in [-0.25, -0.2) is 4.79 Å². The first-order chi connectivity index (χ1) is 7.74. The molecule has 0 saturated heterocycles. The number of hydrogen-bond acceptors (Lipinski definition) is 2. The van der Waals surface area contributed by atoms with Crippen molar-refractivity contribution >= 4 is 28.8 Å². The van der Waals surface area contributed by atoms with Crippen molar-refractivity contribution in [3.8, 4) is 0 Å². The van der Waals surface area contributed by atoms with E-state index in [1.165, 1.54) is 6.07 Å². The summed E-state index contributed by atoms with van der Waals surface area (Å²) in [5, 5.41) is 12.9. The van der Waals surface area contributed by atoms with Crippen LogP contribution in [0.1, 0.15) is 10.4 Å². The van der Waals surface area contributed by atoms with E-state index in [2.05, 4.69) is 5.32 Å². The highest BCUT2D eigenvalue weighted by Gasteiger charge is 2.10. The molecule has 1 amide bonds. The van der Waals surface area contributed by atoms with E-state index in [0.717, 1.165) is 5.39 Å². The molecule has 0 aliphatic rings. The highest BCUT2D eigenvalue weighted by atomic mass is 16.4. The lowest BCUT2D eigenvalue weighted by molar-refractivity contribution is -0.105. The average molecular weight is 215 g/mol. The molecule has 0 heterocycles. The van der Waals surface area contributed by atoms with Gasteiger partial charge in [0.25, 0.3) is 0 Å². The molecule has 0 spiro atoms. The molecule has 0 atom stereocenters. The van der Waals surface area contributed by atoms with E-state index in [0.29, 0.717) is 17.5 Å². The molecule has 2 aromatic rings. The summed E-state index contributed by atoms with van der Waals surface area (Å²) in [6.45, 7) is 0. The normalized spacial score (nSPS) is 10.0. The van der Waals surface area contributed by atoms with Gasteiger partial charge in [-0.1, -0.05) is 24.3 Å². The van der Waals surface area contributed by atoms with Crippen molar-refractivity contribution in [2.45, 2.75) is 0 Å². The Morgan fingerprint density at radius 2 is 1.88 bits per heavy atom. The van der Waals surface area contributed by atoms with Crippen LogP contribution in [0, 0.1) is 0 Å². The Morgan fingerprint density at radius 1 is 1.19 bits per heavy atom. The number of hydrogen-bond donors (Lipinski definition) is 2. The molecular formula is C12H9NO3. The van der Waals surface area contributed by atoms with Crippen LogP contribution in [0.3, 0.4) is 0 Å². The number of nitrogens with one attached hydrogen (secondary N) is 1. The Bertz CT molecular complexity index is 558. The van der Waals surface area contributed by atoms with Crippen molar-refractivity contribution in [1.82, 2.24) is 0 Å². The van der Waals surface area contributed by atoms with Crippen molar-refractivity contribution < 1.29 is 14.7 Å². The zero-order valence-electron chi connectivity index (χ0n) is 8.31. The fourth-order valence-corrected chi connectivity index (χ4v) is 1.70. The third-order valence-corrected chi connectivity index (χ3v) is 2.35. The summed E-state index contributed by atoms with van der Waals surface area (Å²) in [5.74, 6) is -1.01. The highest BCUT2D eigenvalue weighted by molar-refractivity contribution is 6.10. The molecule has 0 aromatic heterocycles. The van der Waals surface area contributed by atoms with Crippen molar-refractivity contribution in [2.24, 2.45) is 0 Å². The molecule has 4 nitrogen and oxygen atoms in total. The maximum atomic E-state index is 11.1. The lowest BCUT2D eigenvalue weighted by Gasteiger charge is -2.07. The predicted molar refractivity (Wildman–Crippen MR) is 60.6 cm³/mol. The number of fused-ring (bicyclic) bond motifs is 1. The highest BCUT2D eigenvalue weighted by Crippen LogP contribution is 2.26. The van der Waals surface area contributed by atoms with Crippen LogP contribution >= 0.6 is 0 Å². The third kappa shape index (κ3) is 1.61. The van der Waals surface area contributed by atoms with Gasteiger partial charge in [-0.05, 0) is 17.5 Å². The molecule has 0 unspecified atom stereocenters. The minimum atomic E-state index is -1.01. The standard InChI is InChI=1S/C12H9NO3/c14-7-13-10-6-2-4-8-3-1-5-9(11(8)10)12(15)16/h1-7H,(H,13,14)(H,15,16). The average Bonchev–Trinajstić information content (AvgIpc) is 2.29.